The summed E-state index contributed by atoms with van der Waals surface area (Å²) >= 11 is 0. The van der Waals surface area contributed by atoms with Gasteiger partial charge in [0, 0.05) is 38.3 Å². The fourth-order valence-corrected chi connectivity index (χ4v) is 6.41. The Morgan fingerprint density at radius 3 is 1.88 bits per heavy atom. The van der Waals surface area contributed by atoms with E-state index in [1.54, 1.807) is 6.07 Å². The number of hydrogen-bond acceptors (Lipinski definition) is 7. The molecule has 1 N–H and O–H groups in total. The van der Waals surface area contributed by atoms with Crippen LogP contribution in [0, 0.1) is 0 Å². The number of sulfonamides is 2. The van der Waals surface area contributed by atoms with Crippen molar-refractivity contribution in [1.29, 1.82) is 0 Å². The Hall–Kier alpha value is -2.93. The molecule has 176 valence electrons. The Bertz CT molecular complexity index is 1280. The number of nitrogens with zero attached hydrogens (tertiary/aromatic N) is 2. The molecule has 0 amide bonds. The van der Waals surface area contributed by atoms with E-state index in [0.29, 0.717) is 30.3 Å². The van der Waals surface area contributed by atoms with Gasteiger partial charge in [-0.05, 0) is 35.9 Å². The van der Waals surface area contributed by atoms with E-state index < -0.39 is 26.0 Å². The number of piperazine rings is 1. The third kappa shape index (κ3) is 4.88. The molecule has 0 unspecified atom stereocenters. The van der Waals surface area contributed by atoms with Crippen LogP contribution in [0.2, 0.25) is 0 Å². The third-order valence-corrected chi connectivity index (χ3v) is 9.09. The van der Waals surface area contributed by atoms with Gasteiger partial charge in [-0.2, -0.15) is 8.61 Å². The van der Waals surface area contributed by atoms with Gasteiger partial charge in [-0.25, -0.2) is 21.6 Å². The van der Waals surface area contributed by atoms with E-state index in [9.17, 15) is 21.6 Å². The highest BCUT2D eigenvalue weighted by Gasteiger charge is 2.34. The predicted molar refractivity (Wildman–Crippen MR) is 118 cm³/mol. The number of benzene rings is 2. The standard InChI is InChI=1S/C21H22N2O8S2/c24-21(25)8-3-16-1-4-17(5-2-16)32(26,27)22-9-11-23(12-10-22)33(28,29)18-6-7-19-20(15-18)31-14-13-30-19/h1-8,15H,9-14H2,(H,24,25)/b8-3+. The number of aliphatic carboxylic acids is 1. The summed E-state index contributed by atoms with van der Waals surface area (Å²) in [5, 5.41) is 8.68. The maximum atomic E-state index is 13.1. The molecule has 4 rings (SSSR count). The van der Waals surface area contributed by atoms with Crippen LogP contribution < -0.4 is 9.47 Å². The number of ether oxygens (including phenoxy) is 2. The second-order valence-corrected chi connectivity index (χ2v) is 11.2. The van der Waals surface area contributed by atoms with E-state index in [-0.39, 0.29) is 36.0 Å². The number of fused-ring (bicyclic) bond motifs is 1. The summed E-state index contributed by atoms with van der Waals surface area (Å²) in [4.78, 5) is 10.7. The second kappa shape index (κ2) is 9.14. The largest absolute Gasteiger partial charge is 0.486 e. The van der Waals surface area contributed by atoms with Crippen molar-refractivity contribution >= 4 is 32.1 Å². The lowest BCUT2D eigenvalue weighted by molar-refractivity contribution is -0.131. The molecule has 33 heavy (non-hydrogen) atoms. The van der Waals surface area contributed by atoms with E-state index in [1.807, 2.05) is 0 Å². The molecule has 0 bridgehead atoms. The fraction of sp³-hybridized carbons (Fsp3) is 0.286. The van der Waals surface area contributed by atoms with Crippen molar-refractivity contribution < 1.29 is 36.2 Å². The molecule has 2 aromatic rings. The molecule has 10 nitrogen and oxygen atoms in total. The van der Waals surface area contributed by atoms with Crippen LogP contribution in [0.15, 0.2) is 58.3 Å². The Kier molecular flexibility index (Phi) is 6.43. The topological polar surface area (TPSA) is 131 Å². The molecule has 1 fully saturated rings. The van der Waals surface area contributed by atoms with Crippen LogP contribution in [0.5, 0.6) is 11.5 Å². The Morgan fingerprint density at radius 1 is 0.788 bits per heavy atom. The number of carboxylic acids is 1. The van der Waals surface area contributed by atoms with Crippen molar-refractivity contribution in [2.24, 2.45) is 0 Å². The summed E-state index contributed by atoms with van der Waals surface area (Å²) in [5.74, 6) is -0.249. The molecule has 2 aromatic carbocycles. The smallest absolute Gasteiger partial charge is 0.328 e. The zero-order valence-corrected chi connectivity index (χ0v) is 19.1. The van der Waals surface area contributed by atoms with Gasteiger partial charge in [0.05, 0.1) is 9.79 Å². The van der Waals surface area contributed by atoms with Crippen LogP contribution in [0.4, 0.5) is 0 Å². The first-order valence-electron chi connectivity index (χ1n) is 10.1. The van der Waals surface area contributed by atoms with E-state index in [0.717, 1.165) is 6.08 Å². The maximum Gasteiger partial charge on any atom is 0.328 e. The lowest BCUT2D eigenvalue weighted by atomic mass is 10.2. The van der Waals surface area contributed by atoms with E-state index in [2.05, 4.69) is 0 Å². The molecule has 0 atom stereocenters. The SMILES string of the molecule is O=C(O)/C=C/c1ccc(S(=O)(=O)N2CCN(S(=O)(=O)c3ccc4c(c3)OCCO4)CC2)cc1. The summed E-state index contributed by atoms with van der Waals surface area (Å²) in [6.07, 6.45) is 2.32. The fourth-order valence-electron chi connectivity index (χ4n) is 3.55. The van der Waals surface area contributed by atoms with Crippen molar-refractivity contribution in [3.05, 3.63) is 54.1 Å². The van der Waals surface area contributed by atoms with Crippen LogP contribution in [0.3, 0.4) is 0 Å². The Balaban J connectivity index is 1.45. The molecule has 0 aromatic heterocycles. The van der Waals surface area contributed by atoms with E-state index in [4.69, 9.17) is 14.6 Å². The molecule has 0 aliphatic carbocycles. The first-order chi connectivity index (χ1) is 15.7. The lowest BCUT2D eigenvalue weighted by Crippen LogP contribution is -2.50. The minimum absolute atomic E-state index is 0.00673. The normalized spacial score (nSPS) is 17.8. The average Bonchev–Trinajstić information content (AvgIpc) is 2.82. The summed E-state index contributed by atoms with van der Waals surface area (Å²) in [7, 11) is -7.65. The molecule has 1 saturated heterocycles. The summed E-state index contributed by atoms with van der Waals surface area (Å²) in [5.41, 5.74) is 0.548. The van der Waals surface area contributed by atoms with Crippen LogP contribution >= 0.6 is 0 Å². The molecule has 2 aliphatic rings. The third-order valence-electron chi connectivity index (χ3n) is 5.29. The summed E-state index contributed by atoms with van der Waals surface area (Å²) < 4.78 is 65.4. The molecule has 2 heterocycles. The van der Waals surface area contributed by atoms with Crippen LogP contribution in [-0.4, -0.2) is 75.9 Å². The molecule has 2 aliphatic heterocycles. The zero-order chi connectivity index (χ0) is 23.6. The monoisotopic (exact) mass is 494 g/mol. The minimum atomic E-state index is -3.83. The van der Waals surface area contributed by atoms with Gasteiger partial charge in [-0.15, -0.1) is 0 Å². The van der Waals surface area contributed by atoms with Crippen LogP contribution in [0.1, 0.15) is 5.56 Å². The molecule has 0 radical (unpaired) electrons. The van der Waals surface area contributed by atoms with Crippen molar-refractivity contribution in [2.45, 2.75) is 9.79 Å². The van der Waals surface area contributed by atoms with Gasteiger partial charge in [0.1, 0.15) is 13.2 Å². The van der Waals surface area contributed by atoms with Gasteiger partial charge >= 0.3 is 5.97 Å². The first kappa shape index (κ1) is 23.2. The quantitative estimate of drug-likeness (QED) is 0.594. The summed E-state index contributed by atoms with van der Waals surface area (Å²) in [6.45, 7) is 0.769. The molecule has 0 saturated carbocycles. The second-order valence-electron chi connectivity index (χ2n) is 7.35. The number of carboxylic acid groups (broad SMARTS) is 1. The molecular weight excluding hydrogens is 472 g/mol. The maximum absolute atomic E-state index is 13.1. The minimum Gasteiger partial charge on any atom is -0.486 e. The van der Waals surface area contributed by atoms with Gasteiger partial charge in [0.25, 0.3) is 0 Å². The zero-order valence-electron chi connectivity index (χ0n) is 17.5. The molecular formula is C21H22N2O8S2. The van der Waals surface area contributed by atoms with Gasteiger partial charge in [0.15, 0.2) is 11.5 Å². The highest BCUT2D eigenvalue weighted by molar-refractivity contribution is 7.89. The van der Waals surface area contributed by atoms with Gasteiger partial charge < -0.3 is 14.6 Å². The average molecular weight is 495 g/mol. The van der Waals surface area contributed by atoms with Gasteiger partial charge in [-0.1, -0.05) is 12.1 Å². The Morgan fingerprint density at radius 2 is 1.30 bits per heavy atom. The lowest BCUT2D eigenvalue weighted by Gasteiger charge is -2.33. The highest BCUT2D eigenvalue weighted by atomic mass is 32.2. The van der Waals surface area contributed by atoms with E-state index in [1.165, 1.54) is 51.1 Å². The Labute approximate surface area is 191 Å². The number of carbonyl (C=O) groups is 1. The van der Waals surface area contributed by atoms with Crippen molar-refractivity contribution in [3.63, 3.8) is 0 Å². The van der Waals surface area contributed by atoms with Crippen LogP contribution in [-0.2, 0) is 24.8 Å². The van der Waals surface area contributed by atoms with E-state index >= 15 is 0 Å². The highest BCUT2D eigenvalue weighted by Crippen LogP contribution is 2.33. The van der Waals surface area contributed by atoms with Crippen molar-refractivity contribution in [2.75, 3.05) is 39.4 Å². The van der Waals surface area contributed by atoms with Gasteiger partial charge in [0.2, 0.25) is 20.0 Å². The van der Waals surface area contributed by atoms with Crippen molar-refractivity contribution in [3.8, 4) is 11.5 Å². The van der Waals surface area contributed by atoms with Crippen LogP contribution in [0.25, 0.3) is 6.08 Å². The molecule has 12 heteroatoms. The number of hydrogen-bond donors (Lipinski definition) is 1. The van der Waals surface area contributed by atoms with Crippen molar-refractivity contribution in [1.82, 2.24) is 8.61 Å². The predicted octanol–water partition coefficient (Wildman–Crippen LogP) is 1.25. The molecule has 0 spiro atoms. The van der Waals surface area contributed by atoms with Gasteiger partial charge in [-0.3, -0.25) is 0 Å². The number of rotatable bonds is 6. The summed E-state index contributed by atoms with van der Waals surface area (Å²) in [6, 6.07) is 10.2. The first-order valence-corrected chi connectivity index (χ1v) is 13.0.